The van der Waals surface area contributed by atoms with Crippen molar-refractivity contribution in [3.05, 3.63) is 47.5 Å². The highest BCUT2D eigenvalue weighted by molar-refractivity contribution is 6.51. The smallest absolute Gasteiger partial charge is 0.235 e. The quantitative estimate of drug-likeness (QED) is 0.453. The Morgan fingerprint density at radius 2 is 1.14 bits per heavy atom. The standard InChI is InChI=1S/C22H28N2O4/c1-21(2,3)27-13-8-10-17(23)16(11-13)20(26)19(25)15-9-7-14(12-18(15)24)28-22(4,5)6/h7-12H,23-24H2,1-6H3. The Kier molecular flexibility index (Phi) is 5.73. The number of Topliss-reactive ketones (excluding diaryl/α,β-unsaturated/α-hetero) is 2. The first-order chi connectivity index (χ1) is 12.8. The molecule has 0 fully saturated rings. The van der Waals surface area contributed by atoms with Crippen LogP contribution in [0.15, 0.2) is 36.4 Å². The fourth-order valence-corrected chi connectivity index (χ4v) is 2.56. The number of carbonyl (C=O) groups is 2. The molecule has 28 heavy (non-hydrogen) atoms. The third-order valence-corrected chi connectivity index (χ3v) is 3.59. The molecule has 0 atom stereocenters. The van der Waals surface area contributed by atoms with Gasteiger partial charge in [-0.15, -0.1) is 0 Å². The summed E-state index contributed by atoms with van der Waals surface area (Å²) in [6.45, 7) is 11.4. The molecule has 0 saturated carbocycles. The zero-order valence-electron chi connectivity index (χ0n) is 17.3. The van der Waals surface area contributed by atoms with Crippen LogP contribution < -0.4 is 20.9 Å². The van der Waals surface area contributed by atoms with Crippen molar-refractivity contribution in [1.82, 2.24) is 0 Å². The van der Waals surface area contributed by atoms with E-state index in [1.807, 2.05) is 41.5 Å². The maximum Gasteiger partial charge on any atom is 0.235 e. The van der Waals surface area contributed by atoms with Crippen molar-refractivity contribution in [1.29, 1.82) is 0 Å². The number of nitrogens with two attached hydrogens (primary N) is 2. The molecule has 0 unspecified atom stereocenters. The second kappa shape index (κ2) is 7.54. The van der Waals surface area contributed by atoms with Gasteiger partial charge >= 0.3 is 0 Å². The second-order valence-electron chi connectivity index (χ2n) is 8.59. The van der Waals surface area contributed by atoms with E-state index >= 15 is 0 Å². The van der Waals surface area contributed by atoms with Gasteiger partial charge in [0, 0.05) is 23.0 Å². The molecular formula is C22H28N2O4. The van der Waals surface area contributed by atoms with Gasteiger partial charge in [0.05, 0.1) is 5.56 Å². The van der Waals surface area contributed by atoms with Crippen molar-refractivity contribution in [3.63, 3.8) is 0 Å². The normalized spacial score (nSPS) is 11.8. The Hall–Kier alpha value is -3.02. The molecule has 0 radical (unpaired) electrons. The van der Waals surface area contributed by atoms with Crippen LogP contribution in [0, 0.1) is 0 Å². The van der Waals surface area contributed by atoms with E-state index < -0.39 is 22.8 Å². The van der Waals surface area contributed by atoms with E-state index in [1.165, 1.54) is 18.2 Å². The lowest BCUT2D eigenvalue weighted by atomic mass is 9.98. The summed E-state index contributed by atoms with van der Waals surface area (Å²) in [6, 6.07) is 9.33. The Morgan fingerprint density at radius 3 is 1.64 bits per heavy atom. The first-order valence-corrected chi connectivity index (χ1v) is 9.03. The number of carbonyl (C=O) groups excluding carboxylic acids is 2. The van der Waals surface area contributed by atoms with Crippen LogP contribution in [0.4, 0.5) is 11.4 Å². The van der Waals surface area contributed by atoms with Crippen LogP contribution in [-0.2, 0) is 0 Å². The summed E-state index contributed by atoms with van der Waals surface area (Å²) in [4.78, 5) is 25.5. The van der Waals surface area contributed by atoms with Gasteiger partial charge in [0.25, 0.3) is 0 Å². The predicted molar refractivity (Wildman–Crippen MR) is 111 cm³/mol. The molecule has 2 aromatic rings. The molecule has 6 nitrogen and oxygen atoms in total. The first-order valence-electron chi connectivity index (χ1n) is 9.03. The number of anilines is 2. The van der Waals surface area contributed by atoms with E-state index in [9.17, 15) is 9.59 Å². The Labute approximate surface area is 165 Å². The fraction of sp³-hybridized carbons (Fsp3) is 0.364. The highest BCUT2D eigenvalue weighted by Crippen LogP contribution is 2.27. The average molecular weight is 384 g/mol. The maximum absolute atomic E-state index is 12.8. The average Bonchev–Trinajstić information content (AvgIpc) is 2.52. The summed E-state index contributed by atoms with van der Waals surface area (Å²) in [7, 11) is 0. The van der Waals surface area contributed by atoms with Crippen LogP contribution in [0.1, 0.15) is 62.3 Å². The molecule has 6 heteroatoms. The van der Waals surface area contributed by atoms with Crippen LogP contribution in [0.5, 0.6) is 11.5 Å². The molecule has 0 amide bonds. The van der Waals surface area contributed by atoms with Gasteiger partial charge in [0.2, 0.25) is 11.6 Å². The number of nitrogen functional groups attached to an aromatic ring is 2. The molecule has 2 aromatic carbocycles. The minimum Gasteiger partial charge on any atom is -0.488 e. The molecule has 0 aliphatic carbocycles. The van der Waals surface area contributed by atoms with Gasteiger partial charge < -0.3 is 20.9 Å². The predicted octanol–water partition coefficient (Wildman–Crippen LogP) is 4.27. The minimum absolute atomic E-state index is 0.0844. The van der Waals surface area contributed by atoms with Crippen LogP contribution in [0.25, 0.3) is 0 Å². The van der Waals surface area contributed by atoms with Crippen LogP contribution in [0.2, 0.25) is 0 Å². The lowest BCUT2D eigenvalue weighted by Gasteiger charge is -2.22. The zero-order chi connectivity index (χ0) is 21.3. The lowest BCUT2D eigenvalue weighted by Crippen LogP contribution is -2.24. The van der Waals surface area contributed by atoms with Gasteiger partial charge in [-0.1, -0.05) is 0 Å². The Morgan fingerprint density at radius 1 is 0.679 bits per heavy atom. The number of ether oxygens (including phenoxy) is 2. The van der Waals surface area contributed by atoms with Crippen molar-refractivity contribution in [2.75, 3.05) is 11.5 Å². The van der Waals surface area contributed by atoms with Gasteiger partial charge in [-0.3, -0.25) is 9.59 Å². The van der Waals surface area contributed by atoms with Crippen molar-refractivity contribution >= 4 is 22.9 Å². The molecule has 0 saturated heterocycles. The lowest BCUT2D eigenvalue weighted by molar-refractivity contribution is 0.0817. The number of ketones is 2. The van der Waals surface area contributed by atoms with Crippen LogP contribution >= 0.6 is 0 Å². The number of hydrogen-bond donors (Lipinski definition) is 2. The number of hydrogen-bond acceptors (Lipinski definition) is 6. The summed E-state index contributed by atoms with van der Waals surface area (Å²) < 4.78 is 11.5. The molecule has 0 aromatic heterocycles. The molecule has 0 aliphatic rings. The molecule has 0 spiro atoms. The summed E-state index contributed by atoms with van der Waals surface area (Å²) >= 11 is 0. The molecular weight excluding hydrogens is 356 g/mol. The van der Waals surface area contributed by atoms with Gasteiger partial charge in [-0.2, -0.15) is 0 Å². The molecule has 150 valence electrons. The molecule has 4 N–H and O–H groups in total. The topological polar surface area (TPSA) is 105 Å². The minimum atomic E-state index is -0.743. The van der Waals surface area contributed by atoms with Crippen molar-refractivity contribution in [2.45, 2.75) is 52.7 Å². The maximum atomic E-state index is 12.8. The molecule has 0 heterocycles. The number of rotatable bonds is 5. The molecule has 0 aliphatic heterocycles. The van der Waals surface area contributed by atoms with E-state index in [4.69, 9.17) is 20.9 Å². The van der Waals surface area contributed by atoms with E-state index in [0.29, 0.717) is 11.5 Å². The van der Waals surface area contributed by atoms with Crippen molar-refractivity contribution < 1.29 is 19.1 Å². The van der Waals surface area contributed by atoms with Crippen molar-refractivity contribution in [3.8, 4) is 11.5 Å². The number of benzene rings is 2. The van der Waals surface area contributed by atoms with Gasteiger partial charge in [-0.05, 0) is 71.9 Å². The van der Waals surface area contributed by atoms with E-state index in [2.05, 4.69) is 0 Å². The third-order valence-electron chi connectivity index (χ3n) is 3.59. The largest absolute Gasteiger partial charge is 0.488 e. The summed E-state index contributed by atoms with van der Waals surface area (Å²) in [5, 5.41) is 0. The summed E-state index contributed by atoms with van der Waals surface area (Å²) in [6.07, 6.45) is 0. The highest BCUT2D eigenvalue weighted by Gasteiger charge is 2.24. The van der Waals surface area contributed by atoms with Crippen molar-refractivity contribution in [2.24, 2.45) is 0 Å². The SMILES string of the molecule is CC(C)(C)Oc1ccc(C(=O)C(=O)c2cc(OC(C)(C)C)ccc2N)c(N)c1. The van der Waals surface area contributed by atoms with E-state index in [-0.39, 0.29) is 22.5 Å². The molecule has 0 bridgehead atoms. The van der Waals surface area contributed by atoms with Gasteiger partial charge in [0.15, 0.2) is 0 Å². The van der Waals surface area contributed by atoms with E-state index in [1.54, 1.807) is 18.2 Å². The second-order valence-corrected chi connectivity index (χ2v) is 8.59. The highest BCUT2D eigenvalue weighted by atomic mass is 16.5. The first kappa shape index (κ1) is 21.3. The van der Waals surface area contributed by atoms with Crippen LogP contribution in [0.3, 0.4) is 0 Å². The fourth-order valence-electron chi connectivity index (χ4n) is 2.56. The third kappa shape index (κ3) is 5.49. The summed E-state index contributed by atoms with van der Waals surface area (Å²) in [5.41, 5.74) is 11.6. The Bertz CT molecular complexity index is 906. The zero-order valence-corrected chi connectivity index (χ0v) is 17.3. The molecule has 2 rings (SSSR count). The van der Waals surface area contributed by atoms with E-state index in [0.717, 1.165) is 0 Å². The monoisotopic (exact) mass is 384 g/mol. The summed E-state index contributed by atoms with van der Waals surface area (Å²) in [5.74, 6) is -0.499. The van der Waals surface area contributed by atoms with Crippen LogP contribution in [-0.4, -0.2) is 22.8 Å². The van der Waals surface area contributed by atoms with Gasteiger partial charge in [0.1, 0.15) is 22.7 Å². The van der Waals surface area contributed by atoms with Gasteiger partial charge in [-0.25, -0.2) is 0 Å². The Balaban J connectivity index is 2.32.